The Balaban J connectivity index is 2.44. The van der Waals surface area contributed by atoms with Gasteiger partial charge in [-0.2, -0.15) is 0 Å². The number of amidine groups is 1. The van der Waals surface area contributed by atoms with E-state index in [2.05, 4.69) is 9.98 Å². The number of pyridine rings is 1. The molecule has 18 heavy (non-hydrogen) atoms. The number of phenols is 1. The summed E-state index contributed by atoms with van der Waals surface area (Å²) < 4.78 is 0. The topological polar surface area (TPSA) is 95.4 Å². The molecule has 0 aliphatic heterocycles. The van der Waals surface area contributed by atoms with Gasteiger partial charge in [0.2, 0.25) is 0 Å². The summed E-state index contributed by atoms with van der Waals surface area (Å²) in [6.45, 7) is 0. The molecule has 0 atom stereocenters. The van der Waals surface area contributed by atoms with Crippen LogP contribution in [0.2, 0.25) is 0 Å². The minimum Gasteiger partial charge on any atom is -0.508 e. The molecule has 4 N–H and O–H groups in total. The van der Waals surface area contributed by atoms with E-state index >= 15 is 0 Å². The Bertz CT molecular complexity index is 607. The fourth-order valence-electron chi connectivity index (χ4n) is 1.57. The van der Waals surface area contributed by atoms with Gasteiger partial charge in [0.15, 0.2) is 0 Å². The summed E-state index contributed by atoms with van der Waals surface area (Å²) in [7, 11) is 0. The Morgan fingerprint density at radius 1 is 1.28 bits per heavy atom. The third-order valence-corrected chi connectivity index (χ3v) is 2.42. The van der Waals surface area contributed by atoms with Crippen molar-refractivity contribution in [1.29, 1.82) is 5.41 Å². The zero-order chi connectivity index (χ0) is 13.0. The number of nitrogens with two attached hydrogens (primary N) is 1. The minimum absolute atomic E-state index is 0.194. The highest BCUT2D eigenvalue weighted by atomic mass is 16.3. The summed E-state index contributed by atoms with van der Waals surface area (Å²) >= 11 is 0. The van der Waals surface area contributed by atoms with Gasteiger partial charge >= 0.3 is 0 Å². The lowest BCUT2D eigenvalue weighted by atomic mass is 10.1. The molecule has 5 heteroatoms. The predicted molar refractivity (Wildman–Crippen MR) is 70.8 cm³/mol. The van der Waals surface area contributed by atoms with Gasteiger partial charge in [0.1, 0.15) is 17.9 Å². The molecule has 0 saturated heterocycles. The second-order valence-electron chi connectivity index (χ2n) is 3.66. The van der Waals surface area contributed by atoms with Crippen molar-refractivity contribution < 1.29 is 5.11 Å². The van der Waals surface area contributed by atoms with E-state index in [1.54, 1.807) is 30.6 Å². The molecule has 1 heterocycles. The van der Waals surface area contributed by atoms with Crippen LogP contribution in [0, 0.1) is 5.41 Å². The van der Waals surface area contributed by atoms with Gasteiger partial charge in [0, 0.05) is 23.5 Å². The number of hydrogen-bond acceptors (Lipinski definition) is 3. The van der Waals surface area contributed by atoms with Crippen LogP contribution in [0.1, 0.15) is 5.56 Å². The molecule has 0 aliphatic carbocycles. The highest BCUT2D eigenvalue weighted by molar-refractivity contribution is 6.01. The summed E-state index contributed by atoms with van der Waals surface area (Å²) in [5, 5.41) is 16.3. The van der Waals surface area contributed by atoms with Crippen molar-refractivity contribution in [3.05, 3.63) is 48.3 Å². The molecule has 1 aromatic carbocycles. The fraction of sp³-hybridized carbons (Fsp3) is 0. The van der Waals surface area contributed by atoms with Gasteiger partial charge in [-0.15, -0.1) is 0 Å². The van der Waals surface area contributed by atoms with Crippen LogP contribution in [0.25, 0.3) is 11.1 Å². The van der Waals surface area contributed by atoms with E-state index in [4.69, 9.17) is 11.1 Å². The first-order valence-electron chi connectivity index (χ1n) is 5.28. The van der Waals surface area contributed by atoms with E-state index in [0.717, 1.165) is 17.5 Å². The summed E-state index contributed by atoms with van der Waals surface area (Å²) in [6, 6.07) is 8.68. The first kappa shape index (κ1) is 11.8. The summed E-state index contributed by atoms with van der Waals surface area (Å²) in [5.41, 5.74) is 8.00. The van der Waals surface area contributed by atoms with Crippen LogP contribution in [-0.4, -0.2) is 22.3 Å². The van der Waals surface area contributed by atoms with E-state index in [1.807, 2.05) is 12.1 Å². The molecule has 0 bridgehead atoms. The smallest absolute Gasteiger partial charge is 0.134 e. The highest BCUT2D eigenvalue weighted by Crippen LogP contribution is 2.22. The van der Waals surface area contributed by atoms with E-state index in [0.29, 0.717) is 5.56 Å². The third kappa shape index (κ3) is 2.52. The Kier molecular flexibility index (Phi) is 3.33. The van der Waals surface area contributed by atoms with Crippen LogP contribution >= 0.6 is 0 Å². The zero-order valence-corrected chi connectivity index (χ0v) is 9.54. The maximum atomic E-state index is 9.44. The average Bonchev–Trinajstić information content (AvgIpc) is 2.39. The second kappa shape index (κ2) is 5.09. The zero-order valence-electron chi connectivity index (χ0n) is 9.54. The standard InChI is InChI=1S/C13H12N4O/c14-8-17-13(15)11-4-10(6-16-7-11)9-2-1-3-12(18)5-9/h1-8,18H,(H3,14,15,17). The van der Waals surface area contributed by atoms with Gasteiger partial charge in [0.25, 0.3) is 0 Å². The maximum Gasteiger partial charge on any atom is 0.134 e. The maximum absolute atomic E-state index is 9.44. The molecule has 0 saturated carbocycles. The number of nitrogens with zero attached hydrogens (tertiary/aromatic N) is 2. The summed E-state index contributed by atoms with van der Waals surface area (Å²) in [4.78, 5) is 7.77. The molecule has 1 aromatic heterocycles. The Hall–Kier alpha value is -2.69. The summed E-state index contributed by atoms with van der Waals surface area (Å²) in [6.07, 6.45) is 4.14. The molecule has 0 spiro atoms. The van der Waals surface area contributed by atoms with Gasteiger partial charge < -0.3 is 10.8 Å². The van der Waals surface area contributed by atoms with Gasteiger partial charge in [-0.3, -0.25) is 10.4 Å². The number of aliphatic imine (C=N–C) groups is 1. The number of nitrogens with one attached hydrogen (secondary N) is 1. The van der Waals surface area contributed by atoms with E-state index in [-0.39, 0.29) is 11.6 Å². The van der Waals surface area contributed by atoms with Gasteiger partial charge in [-0.25, -0.2) is 4.99 Å². The van der Waals surface area contributed by atoms with Crippen LogP contribution in [0.4, 0.5) is 0 Å². The molecule has 2 aromatic rings. The van der Waals surface area contributed by atoms with Crippen LogP contribution in [0.3, 0.4) is 0 Å². The number of aromatic nitrogens is 1. The van der Waals surface area contributed by atoms with Gasteiger partial charge in [0.05, 0.1) is 0 Å². The van der Waals surface area contributed by atoms with E-state index < -0.39 is 0 Å². The van der Waals surface area contributed by atoms with Crippen LogP contribution in [-0.2, 0) is 0 Å². The first-order valence-corrected chi connectivity index (χ1v) is 5.28. The van der Waals surface area contributed by atoms with Crippen molar-refractivity contribution in [2.24, 2.45) is 10.7 Å². The third-order valence-electron chi connectivity index (χ3n) is 2.42. The van der Waals surface area contributed by atoms with Crippen molar-refractivity contribution in [1.82, 2.24) is 4.98 Å². The van der Waals surface area contributed by atoms with Crippen LogP contribution in [0.15, 0.2) is 47.7 Å². The Morgan fingerprint density at radius 3 is 2.83 bits per heavy atom. The molecular formula is C13H12N4O. The Labute approximate surface area is 104 Å². The van der Waals surface area contributed by atoms with Crippen molar-refractivity contribution in [2.45, 2.75) is 0 Å². The van der Waals surface area contributed by atoms with E-state index in [9.17, 15) is 5.11 Å². The number of rotatable bonds is 3. The molecule has 0 amide bonds. The molecule has 0 fully saturated rings. The average molecular weight is 240 g/mol. The first-order chi connectivity index (χ1) is 8.70. The Morgan fingerprint density at radius 2 is 2.11 bits per heavy atom. The largest absolute Gasteiger partial charge is 0.508 e. The number of benzene rings is 1. The fourth-order valence-corrected chi connectivity index (χ4v) is 1.57. The highest BCUT2D eigenvalue weighted by Gasteiger charge is 2.03. The quantitative estimate of drug-likeness (QED) is 0.563. The van der Waals surface area contributed by atoms with Gasteiger partial charge in [-0.05, 0) is 23.8 Å². The molecule has 0 aliphatic rings. The van der Waals surface area contributed by atoms with Crippen LogP contribution < -0.4 is 5.73 Å². The molecule has 0 unspecified atom stereocenters. The molecule has 2 rings (SSSR count). The van der Waals surface area contributed by atoms with Gasteiger partial charge in [-0.1, -0.05) is 12.1 Å². The molecule has 0 radical (unpaired) electrons. The summed E-state index contributed by atoms with van der Waals surface area (Å²) in [5.74, 6) is 0.429. The van der Waals surface area contributed by atoms with Crippen LogP contribution in [0.5, 0.6) is 5.75 Å². The lowest BCUT2D eigenvalue weighted by molar-refractivity contribution is 0.475. The predicted octanol–water partition coefficient (Wildman–Crippen LogP) is 1.77. The lowest BCUT2D eigenvalue weighted by Crippen LogP contribution is -2.13. The number of phenolic OH excluding ortho intramolecular Hbond substituents is 1. The van der Waals surface area contributed by atoms with Crippen molar-refractivity contribution in [3.63, 3.8) is 0 Å². The minimum atomic E-state index is 0.194. The van der Waals surface area contributed by atoms with E-state index in [1.165, 1.54) is 0 Å². The molecule has 5 nitrogen and oxygen atoms in total. The normalized spacial score (nSPS) is 11.2. The lowest BCUT2D eigenvalue weighted by Gasteiger charge is -2.04. The van der Waals surface area contributed by atoms with Crippen molar-refractivity contribution >= 4 is 12.2 Å². The number of aromatic hydroxyl groups is 1. The SMILES string of the molecule is N=CN=C(N)c1cncc(-c2cccc(O)c2)c1. The van der Waals surface area contributed by atoms with Crippen molar-refractivity contribution in [3.8, 4) is 16.9 Å². The second-order valence-corrected chi connectivity index (χ2v) is 3.66. The molecule has 90 valence electrons. The van der Waals surface area contributed by atoms with Crippen molar-refractivity contribution in [2.75, 3.05) is 0 Å². The number of hydrogen-bond donors (Lipinski definition) is 3. The molecular weight excluding hydrogens is 228 g/mol. The monoisotopic (exact) mass is 240 g/mol.